The lowest BCUT2D eigenvalue weighted by atomic mass is 9.98. The van der Waals surface area contributed by atoms with Gasteiger partial charge in [-0.15, -0.1) is 0 Å². The molecule has 6 heteroatoms. The molecule has 0 saturated heterocycles. The fraction of sp³-hybridized carbons (Fsp3) is 0.0769. The number of hydrogen-bond acceptors (Lipinski definition) is 6. The van der Waals surface area contributed by atoms with Crippen molar-refractivity contribution in [1.82, 2.24) is 20.3 Å². The molecule has 0 aliphatic carbocycles. The SMILES string of the molecule is C1=C(c2ccccc2)N=C(c2cccc3oc4ccc(-c5cccc(-c6nc(-c7ccccc7)nc(-c7ccccc7)n6)c5)cc4c23)NC(c2ccccc2)CCC1. The van der Waals surface area contributed by atoms with Crippen molar-refractivity contribution in [2.24, 2.45) is 4.99 Å². The third kappa shape index (κ3) is 7.08. The van der Waals surface area contributed by atoms with Gasteiger partial charge in [-0.25, -0.2) is 19.9 Å². The summed E-state index contributed by atoms with van der Waals surface area (Å²) in [5.74, 6) is 2.71. The van der Waals surface area contributed by atoms with Crippen molar-refractivity contribution in [3.63, 3.8) is 0 Å². The number of amidine groups is 1. The Bertz CT molecular complexity index is 2880. The Morgan fingerprint density at radius 3 is 1.74 bits per heavy atom. The molecule has 1 aliphatic heterocycles. The quantitative estimate of drug-likeness (QED) is 0.176. The summed E-state index contributed by atoms with van der Waals surface area (Å²) in [5.41, 5.74) is 10.8. The second-order valence-electron chi connectivity index (χ2n) is 14.6. The number of hydrogen-bond donors (Lipinski definition) is 1. The maximum atomic E-state index is 6.56. The van der Waals surface area contributed by atoms with E-state index in [1.54, 1.807) is 0 Å². The molecule has 9 aromatic rings. The van der Waals surface area contributed by atoms with Crippen LogP contribution in [0.5, 0.6) is 0 Å². The summed E-state index contributed by atoms with van der Waals surface area (Å²) in [4.78, 5) is 20.3. The number of benzene rings is 7. The zero-order valence-electron chi connectivity index (χ0n) is 31.8. The molecular weight excluding hydrogens is 711 g/mol. The minimum Gasteiger partial charge on any atom is -0.456 e. The van der Waals surface area contributed by atoms with Gasteiger partial charge in [-0.2, -0.15) is 0 Å². The van der Waals surface area contributed by atoms with Crippen molar-refractivity contribution >= 4 is 33.5 Å². The fourth-order valence-corrected chi connectivity index (χ4v) is 7.84. The van der Waals surface area contributed by atoms with Crippen LogP contribution in [0.2, 0.25) is 0 Å². The highest BCUT2D eigenvalue weighted by Crippen LogP contribution is 2.37. The fourth-order valence-electron chi connectivity index (χ4n) is 7.84. The van der Waals surface area contributed by atoms with Crippen LogP contribution >= 0.6 is 0 Å². The second kappa shape index (κ2) is 15.6. The van der Waals surface area contributed by atoms with Crippen LogP contribution in [0, 0.1) is 0 Å². The molecular formula is C52H39N5O. The Morgan fingerprint density at radius 1 is 0.483 bits per heavy atom. The Hall–Kier alpha value is -7.44. The first-order chi connectivity index (χ1) is 28.7. The van der Waals surface area contributed by atoms with Crippen LogP contribution in [-0.4, -0.2) is 20.8 Å². The van der Waals surface area contributed by atoms with Crippen molar-refractivity contribution in [3.05, 3.63) is 205 Å². The number of aliphatic imine (C=N–C) groups is 1. The molecule has 0 radical (unpaired) electrons. The number of fused-ring (bicyclic) bond motifs is 3. The van der Waals surface area contributed by atoms with Crippen LogP contribution in [0.15, 0.2) is 197 Å². The zero-order valence-corrected chi connectivity index (χ0v) is 31.8. The molecule has 1 N–H and O–H groups in total. The molecule has 58 heavy (non-hydrogen) atoms. The molecule has 0 saturated carbocycles. The largest absolute Gasteiger partial charge is 0.456 e. The average molecular weight is 750 g/mol. The third-order valence-corrected chi connectivity index (χ3v) is 10.8. The molecule has 6 nitrogen and oxygen atoms in total. The molecule has 0 fully saturated rings. The molecule has 2 aromatic heterocycles. The predicted octanol–water partition coefficient (Wildman–Crippen LogP) is 12.7. The van der Waals surface area contributed by atoms with Crippen LogP contribution < -0.4 is 5.32 Å². The molecule has 10 rings (SSSR count). The Morgan fingerprint density at radius 2 is 1.05 bits per heavy atom. The van der Waals surface area contributed by atoms with E-state index in [9.17, 15) is 0 Å². The van der Waals surface area contributed by atoms with E-state index in [1.807, 2.05) is 72.8 Å². The first kappa shape index (κ1) is 35.0. The number of aromatic nitrogens is 3. The van der Waals surface area contributed by atoms with Crippen LogP contribution in [0.4, 0.5) is 0 Å². The summed E-state index contributed by atoms with van der Waals surface area (Å²) in [5, 5.41) is 5.98. The van der Waals surface area contributed by atoms with Gasteiger partial charge in [0, 0.05) is 33.0 Å². The predicted molar refractivity (Wildman–Crippen MR) is 236 cm³/mol. The van der Waals surface area contributed by atoms with Gasteiger partial charge in [-0.3, -0.25) is 0 Å². The minimum atomic E-state index is 0.0930. The van der Waals surface area contributed by atoms with E-state index in [-0.39, 0.29) is 6.04 Å². The van der Waals surface area contributed by atoms with Gasteiger partial charge in [0.2, 0.25) is 0 Å². The molecule has 1 unspecified atom stereocenters. The Kier molecular flexibility index (Phi) is 9.41. The standard InChI is InChI=1S/C52H39N5O/c1-5-17-35(18-6-1)44-28-13-14-29-45(36-19-7-2-8-20-36)54-52(53-44)42-27-16-30-47-48(42)43-34-40(31-32-46(43)58-47)39-25-15-26-41(33-39)51-56-49(37-21-9-3-10-22-37)55-50(57-51)38-23-11-4-12-24-38/h1-12,15-28,30-34,45H,13-14,29H2,(H,53,54). The van der Waals surface area contributed by atoms with Crippen molar-refractivity contribution in [2.75, 3.05) is 0 Å². The maximum Gasteiger partial charge on any atom is 0.164 e. The van der Waals surface area contributed by atoms with E-state index in [1.165, 1.54) is 5.56 Å². The average Bonchev–Trinajstić information content (AvgIpc) is 3.73. The summed E-state index contributed by atoms with van der Waals surface area (Å²) in [6.45, 7) is 0. The lowest BCUT2D eigenvalue weighted by Crippen LogP contribution is -2.29. The van der Waals surface area contributed by atoms with E-state index in [4.69, 9.17) is 24.4 Å². The van der Waals surface area contributed by atoms with Crippen molar-refractivity contribution in [2.45, 2.75) is 25.3 Å². The molecule has 1 aliphatic rings. The zero-order chi connectivity index (χ0) is 38.7. The summed E-state index contributed by atoms with van der Waals surface area (Å²) < 4.78 is 6.56. The summed E-state index contributed by atoms with van der Waals surface area (Å²) in [6.07, 6.45) is 5.24. The van der Waals surface area contributed by atoms with Crippen LogP contribution in [0.3, 0.4) is 0 Å². The van der Waals surface area contributed by atoms with Crippen molar-refractivity contribution in [1.29, 1.82) is 0 Å². The van der Waals surface area contributed by atoms with E-state index in [0.717, 1.165) is 91.7 Å². The van der Waals surface area contributed by atoms with Gasteiger partial charge in [-0.1, -0.05) is 164 Å². The van der Waals surface area contributed by atoms with Crippen molar-refractivity contribution in [3.8, 4) is 45.3 Å². The molecule has 0 amide bonds. The second-order valence-corrected chi connectivity index (χ2v) is 14.6. The van der Waals surface area contributed by atoms with Gasteiger partial charge in [0.05, 0.1) is 11.7 Å². The highest BCUT2D eigenvalue weighted by Gasteiger charge is 2.22. The number of nitrogens with zero attached hydrogens (tertiary/aromatic N) is 4. The molecule has 0 spiro atoms. The van der Waals surface area contributed by atoms with Crippen LogP contribution in [-0.2, 0) is 0 Å². The number of rotatable bonds is 7. The van der Waals surface area contributed by atoms with Gasteiger partial charge in [0.15, 0.2) is 17.5 Å². The third-order valence-electron chi connectivity index (χ3n) is 10.8. The summed E-state index contributed by atoms with van der Waals surface area (Å²) in [6, 6.07) is 62.5. The number of allylic oxidation sites excluding steroid dienone is 1. The van der Waals surface area contributed by atoms with Gasteiger partial charge in [-0.05, 0) is 65.8 Å². The maximum absolute atomic E-state index is 6.56. The lowest BCUT2D eigenvalue weighted by molar-refractivity contribution is 0.568. The van der Waals surface area contributed by atoms with Gasteiger partial charge in [0.25, 0.3) is 0 Å². The smallest absolute Gasteiger partial charge is 0.164 e. The highest BCUT2D eigenvalue weighted by atomic mass is 16.3. The minimum absolute atomic E-state index is 0.0930. The molecule has 3 heterocycles. The lowest BCUT2D eigenvalue weighted by Gasteiger charge is -2.22. The molecule has 278 valence electrons. The summed E-state index contributed by atoms with van der Waals surface area (Å²) >= 11 is 0. The number of nitrogens with one attached hydrogen (secondary N) is 1. The monoisotopic (exact) mass is 749 g/mol. The summed E-state index contributed by atoms with van der Waals surface area (Å²) in [7, 11) is 0. The van der Waals surface area contributed by atoms with Crippen molar-refractivity contribution < 1.29 is 4.42 Å². The van der Waals surface area contributed by atoms with Gasteiger partial charge >= 0.3 is 0 Å². The molecule has 1 atom stereocenters. The topological polar surface area (TPSA) is 76.2 Å². The van der Waals surface area contributed by atoms with Gasteiger partial charge < -0.3 is 9.73 Å². The highest BCUT2D eigenvalue weighted by molar-refractivity contribution is 6.19. The Labute approximate surface area is 337 Å². The molecule has 7 aromatic carbocycles. The first-order valence-corrected chi connectivity index (χ1v) is 19.8. The first-order valence-electron chi connectivity index (χ1n) is 19.8. The molecule has 0 bridgehead atoms. The van der Waals surface area contributed by atoms with Gasteiger partial charge in [0.1, 0.15) is 17.0 Å². The number of furan rings is 1. The van der Waals surface area contributed by atoms with Crippen LogP contribution in [0.25, 0.3) is 72.9 Å². The van der Waals surface area contributed by atoms with E-state index >= 15 is 0 Å². The normalized spacial score (nSPS) is 14.5. The van der Waals surface area contributed by atoms with E-state index in [2.05, 4.69) is 121 Å². The van der Waals surface area contributed by atoms with E-state index < -0.39 is 0 Å². The van der Waals surface area contributed by atoms with Crippen LogP contribution in [0.1, 0.15) is 42.0 Å². The van der Waals surface area contributed by atoms with E-state index in [0.29, 0.717) is 17.5 Å². The Balaban J connectivity index is 1.09.